The summed E-state index contributed by atoms with van der Waals surface area (Å²) < 4.78 is 24.7. The van der Waals surface area contributed by atoms with Gasteiger partial charge in [0.25, 0.3) is 0 Å². The average Bonchev–Trinajstić information content (AvgIpc) is 2.78. The molecule has 174 valence electrons. The Kier molecular flexibility index (Phi) is 8.65. The first-order valence-corrected chi connectivity index (χ1v) is 11.4. The SMILES string of the molecule is COCCOc1ccc(C(C)N2CCC(NC(=O)Cc3ccccc3F)CC2)c(C)c1C. The number of hydrogen-bond donors (Lipinski definition) is 1. The molecule has 1 unspecified atom stereocenters. The molecule has 1 fully saturated rings. The third-order valence-corrected chi connectivity index (χ3v) is 6.53. The fourth-order valence-electron chi connectivity index (χ4n) is 4.38. The van der Waals surface area contributed by atoms with E-state index in [2.05, 4.69) is 43.1 Å². The number of halogens is 1. The van der Waals surface area contributed by atoms with Crippen LogP contribution < -0.4 is 10.1 Å². The number of likely N-dealkylation sites (tertiary alicyclic amines) is 1. The molecule has 1 saturated heterocycles. The zero-order valence-corrected chi connectivity index (χ0v) is 19.6. The molecule has 32 heavy (non-hydrogen) atoms. The number of amides is 1. The van der Waals surface area contributed by atoms with Crippen LogP contribution in [0.4, 0.5) is 4.39 Å². The van der Waals surface area contributed by atoms with Gasteiger partial charge in [-0.2, -0.15) is 0 Å². The molecule has 2 aromatic rings. The average molecular weight is 443 g/mol. The number of hydrogen-bond acceptors (Lipinski definition) is 4. The van der Waals surface area contributed by atoms with Crippen LogP contribution in [0, 0.1) is 19.7 Å². The summed E-state index contributed by atoms with van der Waals surface area (Å²) in [4.78, 5) is 14.8. The van der Waals surface area contributed by atoms with Crippen LogP contribution in [0.3, 0.4) is 0 Å². The zero-order chi connectivity index (χ0) is 23.1. The highest BCUT2D eigenvalue weighted by molar-refractivity contribution is 5.78. The van der Waals surface area contributed by atoms with Crippen molar-refractivity contribution in [1.82, 2.24) is 10.2 Å². The second-order valence-electron chi connectivity index (χ2n) is 8.57. The summed E-state index contributed by atoms with van der Waals surface area (Å²) in [7, 11) is 1.67. The minimum atomic E-state index is -0.327. The van der Waals surface area contributed by atoms with Crippen molar-refractivity contribution >= 4 is 5.91 Å². The maximum atomic E-state index is 13.8. The highest BCUT2D eigenvalue weighted by Crippen LogP contribution is 2.32. The van der Waals surface area contributed by atoms with Gasteiger partial charge in [-0.1, -0.05) is 24.3 Å². The molecule has 1 atom stereocenters. The van der Waals surface area contributed by atoms with Gasteiger partial charge in [0.2, 0.25) is 5.91 Å². The maximum absolute atomic E-state index is 13.8. The van der Waals surface area contributed by atoms with E-state index in [0.29, 0.717) is 18.8 Å². The number of carbonyl (C=O) groups excluding carboxylic acids is 1. The van der Waals surface area contributed by atoms with Gasteiger partial charge in [-0.05, 0) is 68.0 Å². The van der Waals surface area contributed by atoms with E-state index in [9.17, 15) is 9.18 Å². The Morgan fingerprint density at radius 1 is 1.12 bits per heavy atom. The highest BCUT2D eigenvalue weighted by Gasteiger charge is 2.26. The van der Waals surface area contributed by atoms with E-state index < -0.39 is 0 Å². The monoisotopic (exact) mass is 442 g/mol. The second kappa shape index (κ2) is 11.4. The maximum Gasteiger partial charge on any atom is 0.224 e. The van der Waals surface area contributed by atoms with Crippen LogP contribution in [0.1, 0.15) is 48.1 Å². The first kappa shape index (κ1) is 24.2. The van der Waals surface area contributed by atoms with Gasteiger partial charge in [0.05, 0.1) is 13.0 Å². The van der Waals surface area contributed by atoms with Crippen molar-refractivity contribution < 1.29 is 18.7 Å². The van der Waals surface area contributed by atoms with Crippen LogP contribution in [0.2, 0.25) is 0 Å². The summed E-state index contributed by atoms with van der Waals surface area (Å²) in [5.41, 5.74) is 4.17. The van der Waals surface area contributed by atoms with Crippen molar-refractivity contribution in [2.45, 2.75) is 52.1 Å². The van der Waals surface area contributed by atoms with Gasteiger partial charge in [0.15, 0.2) is 0 Å². The molecule has 1 heterocycles. The van der Waals surface area contributed by atoms with Gasteiger partial charge in [-0.25, -0.2) is 4.39 Å². The minimum absolute atomic E-state index is 0.0839. The molecule has 0 aliphatic carbocycles. The summed E-state index contributed by atoms with van der Waals surface area (Å²) >= 11 is 0. The lowest BCUT2D eigenvalue weighted by atomic mass is 9.94. The molecule has 0 aromatic heterocycles. The van der Waals surface area contributed by atoms with E-state index in [4.69, 9.17) is 9.47 Å². The molecule has 0 bridgehead atoms. The first-order chi connectivity index (χ1) is 15.4. The number of piperidine rings is 1. The van der Waals surface area contributed by atoms with Crippen LogP contribution in [-0.4, -0.2) is 50.3 Å². The molecule has 0 radical (unpaired) electrons. The zero-order valence-electron chi connectivity index (χ0n) is 19.6. The van der Waals surface area contributed by atoms with Crippen LogP contribution in [0.15, 0.2) is 36.4 Å². The summed E-state index contributed by atoms with van der Waals surface area (Å²) in [5, 5.41) is 3.09. The van der Waals surface area contributed by atoms with Crippen LogP contribution in [0.5, 0.6) is 5.75 Å². The van der Waals surface area contributed by atoms with Crippen LogP contribution in [-0.2, 0) is 16.0 Å². The predicted molar refractivity (Wildman–Crippen MR) is 125 cm³/mol. The molecule has 2 aromatic carbocycles. The van der Waals surface area contributed by atoms with Gasteiger partial charge in [0.1, 0.15) is 18.2 Å². The number of methoxy groups -OCH3 is 1. The molecule has 1 N–H and O–H groups in total. The van der Waals surface area contributed by atoms with Gasteiger partial charge >= 0.3 is 0 Å². The van der Waals surface area contributed by atoms with Crippen molar-refractivity contribution in [3.05, 3.63) is 64.5 Å². The molecule has 0 spiro atoms. The minimum Gasteiger partial charge on any atom is -0.491 e. The number of ether oxygens (including phenoxy) is 2. The third-order valence-electron chi connectivity index (χ3n) is 6.53. The molecule has 0 saturated carbocycles. The standard InChI is InChI=1S/C26H35FN2O3/c1-18-19(2)25(32-16-15-31-4)10-9-23(18)20(3)29-13-11-22(12-14-29)28-26(30)17-21-7-5-6-8-24(21)27/h5-10,20,22H,11-17H2,1-4H3,(H,28,30). The number of carbonyl (C=O) groups is 1. The Morgan fingerprint density at radius 2 is 1.84 bits per heavy atom. The van der Waals surface area contributed by atoms with E-state index in [1.807, 2.05) is 0 Å². The van der Waals surface area contributed by atoms with Gasteiger partial charge in [-0.15, -0.1) is 0 Å². The molecule has 1 aliphatic rings. The number of benzene rings is 2. The lowest BCUT2D eigenvalue weighted by Gasteiger charge is -2.37. The molecular weight excluding hydrogens is 407 g/mol. The van der Waals surface area contributed by atoms with Gasteiger partial charge in [-0.3, -0.25) is 9.69 Å². The number of nitrogens with zero attached hydrogens (tertiary/aromatic N) is 1. The fourth-order valence-corrected chi connectivity index (χ4v) is 4.38. The normalized spacial score (nSPS) is 16.0. The third kappa shape index (κ3) is 6.08. The molecule has 5 nitrogen and oxygen atoms in total. The fraction of sp³-hybridized carbons (Fsp3) is 0.500. The van der Waals surface area contributed by atoms with Gasteiger partial charge < -0.3 is 14.8 Å². The van der Waals surface area contributed by atoms with Gasteiger partial charge in [0, 0.05) is 32.3 Å². The highest BCUT2D eigenvalue weighted by atomic mass is 19.1. The molecule has 6 heteroatoms. The van der Waals surface area contributed by atoms with E-state index in [1.165, 1.54) is 22.8 Å². The summed E-state index contributed by atoms with van der Waals surface area (Å²) in [6, 6.07) is 11.1. The number of nitrogens with one attached hydrogen (secondary N) is 1. The van der Waals surface area contributed by atoms with E-state index >= 15 is 0 Å². The van der Waals surface area contributed by atoms with E-state index in [0.717, 1.165) is 31.7 Å². The van der Waals surface area contributed by atoms with E-state index in [-0.39, 0.29) is 30.2 Å². The van der Waals surface area contributed by atoms with Crippen molar-refractivity contribution in [3.63, 3.8) is 0 Å². The number of rotatable bonds is 9. The van der Waals surface area contributed by atoms with Crippen LogP contribution in [0.25, 0.3) is 0 Å². The molecule has 1 amide bonds. The van der Waals surface area contributed by atoms with Crippen molar-refractivity contribution in [2.75, 3.05) is 33.4 Å². The first-order valence-electron chi connectivity index (χ1n) is 11.4. The van der Waals surface area contributed by atoms with Crippen LogP contribution >= 0.6 is 0 Å². The quantitative estimate of drug-likeness (QED) is 0.587. The summed E-state index contributed by atoms with van der Waals surface area (Å²) in [6.45, 7) is 9.44. The molecule has 3 rings (SSSR count). The smallest absolute Gasteiger partial charge is 0.224 e. The summed E-state index contributed by atoms with van der Waals surface area (Å²) in [5.74, 6) is 0.468. The molecular formula is C26H35FN2O3. The Hall–Kier alpha value is -2.44. The predicted octanol–water partition coefficient (Wildman–Crippen LogP) is 4.35. The summed E-state index contributed by atoms with van der Waals surface area (Å²) in [6.07, 6.45) is 1.87. The van der Waals surface area contributed by atoms with E-state index in [1.54, 1.807) is 25.3 Å². The Labute approximate surface area is 190 Å². The second-order valence-corrected chi connectivity index (χ2v) is 8.57. The Bertz CT molecular complexity index is 910. The topological polar surface area (TPSA) is 50.8 Å². The Balaban J connectivity index is 1.53. The lowest BCUT2D eigenvalue weighted by molar-refractivity contribution is -0.121. The van der Waals surface area contributed by atoms with Crippen molar-refractivity contribution in [2.24, 2.45) is 0 Å². The lowest BCUT2D eigenvalue weighted by Crippen LogP contribution is -2.45. The molecule has 1 aliphatic heterocycles. The van der Waals surface area contributed by atoms with Crippen molar-refractivity contribution in [1.29, 1.82) is 0 Å². The Morgan fingerprint density at radius 3 is 2.53 bits per heavy atom. The largest absolute Gasteiger partial charge is 0.491 e. The van der Waals surface area contributed by atoms with Crippen molar-refractivity contribution in [3.8, 4) is 5.75 Å².